The van der Waals surface area contributed by atoms with E-state index in [2.05, 4.69) is 0 Å². The number of hydrogen-bond donors (Lipinski definition) is 0. The van der Waals surface area contributed by atoms with Gasteiger partial charge < -0.3 is 14.4 Å². The third kappa shape index (κ3) is 4.55. The van der Waals surface area contributed by atoms with Gasteiger partial charge in [-0.3, -0.25) is 4.79 Å². The summed E-state index contributed by atoms with van der Waals surface area (Å²) >= 11 is 0. The van der Waals surface area contributed by atoms with Gasteiger partial charge >= 0.3 is 0 Å². The molecule has 0 saturated heterocycles. The largest absolute Gasteiger partial charge is 0.493 e. The number of benzene rings is 1. The molecule has 0 unspecified atom stereocenters. The van der Waals surface area contributed by atoms with Crippen LogP contribution in [0.4, 0.5) is 0 Å². The number of methoxy groups -OCH3 is 2. The molecule has 0 aliphatic heterocycles. The summed E-state index contributed by atoms with van der Waals surface area (Å²) in [5, 5.41) is 17.2. The normalized spacial score (nSPS) is 9.71. The SMILES string of the molecule is COc1ccc(C=CC(=O)N(CC#N)CC#N)cc1OC. The minimum atomic E-state index is -0.395. The highest BCUT2D eigenvalue weighted by atomic mass is 16.5. The fraction of sp³-hybridized carbons (Fsp3) is 0.267. The van der Waals surface area contributed by atoms with Gasteiger partial charge in [0, 0.05) is 6.08 Å². The van der Waals surface area contributed by atoms with Crippen LogP contribution in [0.1, 0.15) is 5.56 Å². The average molecular weight is 285 g/mol. The smallest absolute Gasteiger partial charge is 0.248 e. The molecular formula is C15H15N3O3. The van der Waals surface area contributed by atoms with Gasteiger partial charge in [0.05, 0.1) is 26.4 Å². The minimum absolute atomic E-state index is 0.122. The summed E-state index contributed by atoms with van der Waals surface area (Å²) in [6.45, 7) is -0.245. The molecule has 1 aromatic carbocycles. The van der Waals surface area contributed by atoms with Crippen molar-refractivity contribution in [1.82, 2.24) is 4.90 Å². The summed E-state index contributed by atoms with van der Waals surface area (Å²) in [4.78, 5) is 13.0. The van der Waals surface area contributed by atoms with Crippen molar-refractivity contribution >= 4 is 12.0 Å². The Balaban J connectivity index is 2.87. The summed E-state index contributed by atoms with van der Waals surface area (Å²) in [6.07, 6.45) is 2.90. The van der Waals surface area contributed by atoms with Crippen LogP contribution >= 0.6 is 0 Å². The van der Waals surface area contributed by atoms with Crippen LogP contribution in [0.2, 0.25) is 0 Å². The zero-order chi connectivity index (χ0) is 15.7. The molecule has 0 N–H and O–H groups in total. The average Bonchev–Trinajstić information content (AvgIpc) is 2.52. The van der Waals surface area contributed by atoms with Crippen LogP contribution in [-0.4, -0.2) is 38.1 Å². The van der Waals surface area contributed by atoms with Crippen molar-refractivity contribution in [3.8, 4) is 23.6 Å². The van der Waals surface area contributed by atoms with Crippen molar-refractivity contribution in [1.29, 1.82) is 10.5 Å². The maximum absolute atomic E-state index is 11.9. The molecule has 108 valence electrons. The number of carbonyl (C=O) groups is 1. The first-order chi connectivity index (χ1) is 10.2. The van der Waals surface area contributed by atoms with E-state index in [1.54, 1.807) is 31.4 Å². The van der Waals surface area contributed by atoms with Gasteiger partial charge in [-0.25, -0.2) is 0 Å². The first-order valence-electron chi connectivity index (χ1n) is 6.09. The quantitative estimate of drug-likeness (QED) is 0.585. The number of nitriles is 2. The van der Waals surface area contributed by atoms with E-state index in [0.717, 1.165) is 10.5 Å². The van der Waals surface area contributed by atoms with Crippen LogP contribution in [0, 0.1) is 22.7 Å². The topological polar surface area (TPSA) is 86.4 Å². The highest BCUT2D eigenvalue weighted by Gasteiger charge is 2.09. The van der Waals surface area contributed by atoms with Crippen LogP contribution < -0.4 is 9.47 Å². The van der Waals surface area contributed by atoms with Gasteiger partial charge in [0.1, 0.15) is 13.1 Å². The van der Waals surface area contributed by atoms with Gasteiger partial charge in [0.15, 0.2) is 11.5 Å². The van der Waals surface area contributed by atoms with Crippen molar-refractivity contribution < 1.29 is 14.3 Å². The van der Waals surface area contributed by atoms with Crippen molar-refractivity contribution in [2.75, 3.05) is 27.3 Å². The number of hydrogen-bond acceptors (Lipinski definition) is 5. The Hall–Kier alpha value is -2.99. The van der Waals surface area contributed by atoms with E-state index >= 15 is 0 Å². The van der Waals surface area contributed by atoms with Crippen molar-refractivity contribution in [3.05, 3.63) is 29.8 Å². The monoisotopic (exact) mass is 285 g/mol. The summed E-state index contributed by atoms with van der Waals surface area (Å²) < 4.78 is 10.3. The highest BCUT2D eigenvalue weighted by molar-refractivity contribution is 5.92. The Morgan fingerprint density at radius 1 is 1.19 bits per heavy atom. The molecule has 1 amide bonds. The third-order valence-corrected chi connectivity index (χ3v) is 2.66. The van der Waals surface area contributed by atoms with Gasteiger partial charge in [0.2, 0.25) is 5.91 Å². The summed E-state index contributed by atoms with van der Waals surface area (Å²) in [7, 11) is 3.07. The number of rotatable bonds is 6. The predicted molar refractivity (Wildman–Crippen MR) is 76.4 cm³/mol. The first kappa shape index (κ1) is 16.1. The van der Waals surface area contributed by atoms with E-state index in [1.165, 1.54) is 13.2 Å². The molecule has 6 nitrogen and oxygen atoms in total. The molecule has 0 atom stereocenters. The van der Waals surface area contributed by atoms with Crippen molar-refractivity contribution in [2.45, 2.75) is 0 Å². The fourth-order valence-electron chi connectivity index (χ4n) is 1.61. The molecular weight excluding hydrogens is 270 g/mol. The number of nitrogens with zero attached hydrogens (tertiary/aromatic N) is 3. The standard InChI is InChI=1S/C15H15N3O3/c1-20-13-5-3-12(11-14(13)21-2)4-6-15(19)18(9-7-16)10-8-17/h3-6,11H,9-10H2,1-2H3. The van der Waals surface area contributed by atoms with Crippen LogP contribution in [0.15, 0.2) is 24.3 Å². The zero-order valence-corrected chi connectivity index (χ0v) is 11.9. The molecule has 1 rings (SSSR count). The third-order valence-electron chi connectivity index (χ3n) is 2.66. The fourth-order valence-corrected chi connectivity index (χ4v) is 1.61. The molecule has 0 bridgehead atoms. The number of ether oxygens (including phenoxy) is 2. The molecule has 0 aliphatic rings. The van der Waals surface area contributed by atoms with Crippen LogP contribution in [0.25, 0.3) is 6.08 Å². The second-order valence-corrected chi connectivity index (χ2v) is 3.96. The van der Waals surface area contributed by atoms with Gasteiger partial charge in [-0.05, 0) is 23.8 Å². The second kappa shape index (κ2) is 8.23. The van der Waals surface area contributed by atoms with Crippen LogP contribution in [-0.2, 0) is 4.79 Å². The van der Waals surface area contributed by atoms with Gasteiger partial charge in [-0.15, -0.1) is 0 Å². The molecule has 21 heavy (non-hydrogen) atoms. The van der Waals surface area contributed by atoms with Crippen LogP contribution in [0.3, 0.4) is 0 Å². The lowest BCUT2D eigenvalue weighted by Gasteiger charge is -2.12. The molecule has 0 heterocycles. The minimum Gasteiger partial charge on any atom is -0.493 e. The number of amides is 1. The zero-order valence-electron chi connectivity index (χ0n) is 11.9. The van der Waals surface area contributed by atoms with Crippen LogP contribution in [0.5, 0.6) is 11.5 Å². The Morgan fingerprint density at radius 3 is 2.33 bits per heavy atom. The van der Waals surface area contributed by atoms with Gasteiger partial charge in [0.25, 0.3) is 0 Å². The highest BCUT2D eigenvalue weighted by Crippen LogP contribution is 2.27. The lowest BCUT2D eigenvalue weighted by atomic mass is 10.2. The Morgan fingerprint density at radius 2 is 1.81 bits per heavy atom. The van der Waals surface area contributed by atoms with E-state index in [1.807, 2.05) is 12.1 Å². The van der Waals surface area contributed by atoms with Crippen molar-refractivity contribution in [2.24, 2.45) is 0 Å². The maximum Gasteiger partial charge on any atom is 0.248 e. The molecule has 1 aromatic rings. The first-order valence-corrected chi connectivity index (χ1v) is 6.09. The molecule has 0 radical (unpaired) electrons. The Kier molecular flexibility index (Phi) is 6.30. The van der Waals surface area contributed by atoms with E-state index in [0.29, 0.717) is 11.5 Å². The molecule has 0 spiro atoms. The van der Waals surface area contributed by atoms with Crippen molar-refractivity contribution in [3.63, 3.8) is 0 Å². The molecule has 0 aromatic heterocycles. The predicted octanol–water partition coefficient (Wildman–Crippen LogP) is 1.59. The summed E-state index contributed by atoms with van der Waals surface area (Å²) in [6, 6.07) is 8.92. The van der Waals surface area contributed by atoms with E-state index in [-0.39, 0.29) is 13.1 Å². The molecule has 0 fully saturated rings. The molecule has 0 saturated carbocycles. The van der Waals surface area contributed by atoms with E-state index in [9.17, 15) is 4.79 Å². The van der Waals surface area contributed by atoms with E-state index in [4.69, 9.17) is 20.0 Å². The molecule has 0 aliphatic carbocycles. The Bertz CT molecular complexity index is 596. The molecule has 6 heteroatoms. The van der Waals surface area contributed by atoms with Gasteiger partial charge in [-0.1, -0.05) is 6.07 Å². The second-order valence-electron chi connectivity index (χ2n) is 3.96. The summed E-state index contributed by atoms with van der Waals surface area (Å²) in [5.74, 6) is 0.752. The lowest BCUT2D eigenvalue weighted by Crippen LogP contribution is -2.30. The maximum atomic E-state index is 11.9. The summed E-state index contributed by atoms with van der Waals surface area (Å²) in [5.41, 5.74) is 0.745. The van der Waals surface area contributed by atoms with Gasteiger partial charge in [-0.2, -0.15) is 10.5 Å². The Labute approximate surface area is 123 Å². The number of carbonyl (C=O) groups excluding carboxylic acids is 1. The van der Waals surface area contributed by atoms with E-state index < -0.39 is 5.91 Å². The lowest BCUT2D eigenvalue weighted by molar-refractivity contribution is -0.124.